The van der Waals surface area contributed by atoms with E-state index in [-0.39, 0.29) is 22.8 Å². The maximum atomic E-state index is 12.8. The van der Waals surface area contributed by atoms with Crippen LogP contribution in [0.25, 0.3) is 0 Å². The SMILES string of the molecule is CC(C)C(=O)NC(=S)Nc1cccc(F)c1. The fourth-order valence-corrected chi connectivity index (χ4v) is 1.20. The first-order valence-corrected chi connectivity index (χ1v) is 5.27. The molecule has 1 rings (SSSR count). The minimum Gasteiger partial charge on any atom is -0.332 e. The van der Waals surface area contributed by atoms with Gasteiger partial charge in [-0.05, 0) is 30.4 Å². The molecule has 0 bridgehead atoms. The molecule has 3 nitrogen and oxygen atoms in total. The van der Waals surface area contributed by atoms with E-state index < -0.39 is 0 Å². The molecule has 0 radical (unpaired) electrons. The normalized spacial score (nSPS) is 10.0. The molecular weight excluding hydrogens is 227 g/mol. The Hall–Kier alpha value is -1.49. The molecule has 0 aliphatic rings. The Morgan fingerprint density at radius 3 is 2.69 bits per heavy atom. The van der Waals surface area contributed by atoms with E-state index in [2.05, 4.69) is 10.6 Å². The summed E-state index contributed by atoms with van der Waals surface area (Å²) in [6, 6.07) is 5.86. The summed E-state index contributed by atoms with van der Waals surface area (Å²) in [7, 11) is 0. The van der Waals surface area contributed by atoms with Gasteiger partial charge in [-0.25, -0.2) is 4.39 Å². The zero-order chi connectivity index (χ0) is 12.1. The quantitative estimate of drug-likeness (QED) is 0.779. The Balaban J connectivity index is 2.55. The third-order valence-corrected chi connectivity index (χ3v) is 2.05. The van der Waals surface area contributed by atoms with E-state index in [4.69, 9.17) is 12.2 Å². The molecule has 2 N–H and O–H groups in total. The third kappa shape index (κ3) is 3.94. The van der Waals surface area contributed by atoms with Crippen LogP contribution in [-0.2, 0) is 4.79 Å². The van der Waals surface area contributed by atoms with E-state index in [0.717, 1.165) is 0 Å². The number of benzene rings is 1. The second-order valence-corrected chi connectivity index (χ2v) is 4.02. The topological polar surface area (TPSA) is 41.1 Å². The average Bonchev–Trinajstić information content (AvgIpc) is 2.16. The lowest BCUT2D eigenvalue weighted by Gasteiger charge is -2.10. The molecule has 0 aromatic heterocycles. The van der Waals surface area contributed by atoms with Gasteiger partial charge in [-0.1, -0.05) is 19.9 Å². The zero-order valence-corrected chi connectivity index (χ0v) is 9.90. The Labute approximate surface area is 99.0 Å². The van der Waals surface area contributed by atoms with Crippen molar-refractivity contribution >= 4 is 28.9 Å². The van der Waals surface area contributed by atoms with Crippen LogP contribution < -0.4 is 10.6 Å². The van der Waals surface area contributed by atoms with Crippen LogP contribution in [0.3, 0.4) is 0 Å². The highest BCUT2D eigenvalue weighted by Crippen LogP contribution is 2.08. The first-order valence-electron chi connectivity index (χ1n) is 4.86. The third-order valence-electron chi connectivity index (χ3n) is 1.84. The summed E-state index contributed by atoms with van der Waals surface area (Å²) >= 11 is 4.91. The molecule has 1 aromatic carbocycles. The van der Waals surface area contributed by atoms with Gasteiger partial charge in [0.1, 0.15) is 5.82 Å². The minimum atomic E-state index is -0.358. The first-order chi connectivity index (χ1) is 7.49. The fourth-order valence-electron chi connectivity index (χ4n) is 0.985. The number of nitrogens with one attached hydrogen (secondary N) is 2. The lowest BCUT2D eigenvalue weighted by Crippen LogP contribution is -2.36. The Morgan fingerprint density at radius 2 is 2.12 bits per heavy atom. The molecule has 0 aliphatic heterocycles. The molecule has 1 amide bonds. The largest absolute Gasteiger partial charge is 0.332 e. The molecule has 0 fully saturated rings. The van der Waals surface area contributed by atoms with Gasteiger partial charge in [0.25, 0.3) is 0 Å². The van der Waals surface area contributed by atoms with Crippen LogP contribution in [0, 0.1) is 11.7 Å². The van der Waals surface area contributed by atoms with Crippen molar-refractivity contribution in [1.29, 1.82) is 0 Å². The van der Waals surface area contributed by atoms with Crippen molar-refractivity contribution in [2.75, 3.05) is 5.32 Å². The van der Waals surface area contributed by atoms with E-state index in [1.165, 1.54) is 12.1 Å². The number of anilines is 1. The van der Waals surface area contributed by atoms with Gasteiger partial charge in [-0.15, -0.1) is 0 Å². The van der Waals surface area contributed by atoms with Crippen molar-refractivity contribution in [2.45, 2.75) is 13.8 Å². The lowest BCUT2D eigenvalue weighted by atomic mass is 10.2. The van der Waals surface area contributed by atoms with Gasteiger partial charge in [-0.3, -0.25) is 4.79 Å². The number of hydrogen-bond donors (Lipinski definition) is 2. The van der Waals surface area contributed by atoms with Crippen LogP contribution in [0.15, 0.2) is 24.3 Å². The lowest BCUT2D eigenvalue weighted by molar-refractivity contribution is -0.122. The van der Waals surface area contributed by atoms with Crippen molar-refractivity contribution in [3.63, 3.8) is 0 Å². The van der Waals surface area contributed by atoms with Crippen LogP contribution >= 0.6 is 12.2 Å². The van der Waals surface area contributed by atoms with Gasteiger partial charge in [0.05, 0.1) is 0 Å². The maximum absolute atomic E-state index is 12.8. The van der Waals surface area contributed by atoms with Gasteiger partial charge in [-0.2, -0.15) is 0 Å². The second-order valence-electron chi connectivity index (χ2n) is 3.61. The van der Waals surface area contributed by atoms with Crippen LogP contribution in [0.5, 0.6) is 0 Å². The zero-order valence-electron chi connectivity index (χ0n) is 9.08. The summed E-state index contributed by atoms with van der Waals surface area (Å²) in [5.41, 5.74) is 0.508. The molecule has 1 aromatic rings. The number of halogens is 1. The van der Waals surface area contributed by atoms with Gasteiger partial charge < -0.3 is 10.6 Å². The standard InChI is InChI=1S/C11H13FN2OS/c1-7(2)10(15)14-11(16)13-9-5-3-4-8(12)6-9/h3-7H,1-2H3,(H2,13,14,15,16). The number of thiocarbonyl (C=S) groups is 1. The van der Waals surface area contributed by atoms with Crippen molar-refractivity contribution in [1.82, 2.24) is 5.32 Å². The van der Waals surface area contributed by atoms with E-state index in [0.29, 0.717) is 5.69 Å². The second kappa shape index (κ2) is 5.55. The highest BCUT2D eigenvalue weighted by atomic mass is 32.1. The van der Waals surface area contributed by atoms with Gasteiger partial charge >= 0.3 is 0 Å². The molecule has 0 heterocycles. The summed E-state index contributed by atoms with van der Waals surface area (Å²) in [6.07, 6.45) is 0. The van der Waals surface area contributed by atoms with Crippen LogP contribution in [0.4, 0.5) is 10.1 Å². The van der Waals surface area contributed by atoms with E-state index in [1.807, 2.05) is 0 Å². The highest BCUT2D eigenvalue weighted by molar-refractivity contribution is 7.80. The van der Waals surface area contributed by atoms with Crippen LogP contribution in [0.1, 0.15) is 13.8 Å². The molecule has 0 atom stereocenters. The van der Waals surface area contributed by atoms with Gasteiger partial charge in [0.2, 0.25) is 5.91 Å². The molecular formula is C11H13FN2OS. The minimum absolute atomic E-state index is 0.146. The smallest absolute Gasteiger partial charge is 0.228 e. The molecule has 0 saturated carbocycles. The van der Waals surface area contributed by atoms with Gasteiger partial charge in [0, 0.05) is 11.6 Å². The number of carbonyl (C=O) groups is 1. The van der Waals surface area contributed by atoms with Crippen LogP contribution in [0.2, 0.25) is 0 Å². The molecule has 16 heavy (non-hydrogen) atoms. The predicted molar refractivity (Wildman–Crippen MR) is 65.6 cm³/mol. The first kappa shape index (κ1) is 12.6. The maximum Gasteiger partial charge on any atom is 0.228 e. The molecule has 0 spiro atoms. The monoisotopic (exact) mass is 240 g/mol. The number of hydrogen-bond acceptors (Lipinski definition) is 2. The van der Waals surface area contributed by atoms with Crippen molar-refractivity contribution < 1.29 is 9.18 Å². The van der Waals surface area contributed by atoms with E-state index in [9.17, 15) is 9.18 Å². The molecule has 0 saturated heterocycles. The highest BCUT2D eigenvalue weighted by Gasteiger charge is 2.08. The van der Waals surface area contributed by atoms with E-state index >= 15 is 0 Å². The van der Waals surface area contributed by atoms with E-state index in [1.54, 1.807) is 26.0 Å². The van der Waals surface area contributed by atoms with Crippen molar-refractivity contribution in [2.24, 2.45) is 5.92 Å². The summed E-state index contributed by atoms with van der Waals surface area (Å²) in [4.78, 5) is 11.3. The number of rotatable bonds is 2. The fraction of sp³-hybridized carbons (Fsp3) is 0.273. The molecule has 0 unspecified atom stereocenters. The van der Waals surface area contributed by atoms with Gasteiger partial charge in [0.15, 0.2) is 5.11 Å². The van der Waals surface area contributed by atoms with Crippen molar-refractivity contribution in [3.05, 3.63) is 30.1 Å². The number of carbonyl (C=O) groups excluding carboxylic acids is 1. The van der Waals surface area contributed by atoms with Crippen molar-refractivity contribution in [3.8, 4) is 0 Å². The molecule has 0 aliphatic carbocycles. The Kier molecular flexibility index (Phi) is 4.37. The summed E-state index contributed by atoms with van der Waals surface area (Å²) in [5.74, 6) is -0.677. The molecule has 86 valence electrons. The summed E-state index contributed by atoms with van der Waals surface area (Å²) in [5, 5.41) is 5.40. The summed E-state index contributed by atoms with van der Waals surface area (Å²) in [6.45, 7) is 3.53. The summed E-state index contributed by atoms with van der Waals surface area (Å²) < 4.78 is 12.8. The van der Waals surface area contributed by atoms with Crippen LogP contribution in [-0.4, -0.2) is 11.0 Å². The Bertz CT molecular complexity index is 407. The predicted octanol–water partition coefficient (Wildman–Crippen LogP) is 2.29. The molecule has 5 heteroatoms. The average molecular weight is 240 g/mol. The number of amides is 1. The Morgan fingerprint density at radius 1 is 1.44 bits per heavy atom.